The standard InChI is InChI=1S/C16H22F2N2O.ClH/c1-11(13-3-4-14(17)15(18)10-13)20-16(21)5-2-12-6-8-19-9-7-12;/h3-4,10-12,19H,2,5-9H2,1H3,(H,20,21);1H. The number of carbonyl (C=O) groups is 1. The molecule has 1 amide bonds. The molecule has 0 bridgehead atoms. The molecule has 0 aromatic heterocycles. The first-order valence-corrected chi connectivity index (χ1v) is 7.51. The lowest BCUT2D eigenvalue weighted by atomic mass is 9.93. The van der Waals surface area contributed by atoms with Crippen LogP contribution in [0.15, 0.2) is 18.2 Å². The van der Waals surface area contributed by atoms with Crippen LogP contribution in [0.3, 0.4) is 0 Å². The number of halogens is 3. The van der Waals surface area contributed by atoms with E-state index >= 15 is 0 Å². The van der Waals surface area contributed by atoms with Crippen LogP contribution in [0.1, 0.15) is 44.2 Å². The summed E-state index contributed by atoms with van der Waals surface area (Å²) in [6.07, 6.45) is 3.61. The molecule has 1 aromatic carbocycles. The lowest BCUT2D eigenvalue weighted by molar-refractivity contribution is -0.122. The maximum atomic E-state index is 13.2. The average molecular weight is 333 g/mol. The highest BCUT2D eigenvalue weighted by atomic mass is 35.5. The van der Waals surface area contributed by atoms with Crippen molar-refractivity contribution in [2.75, 3.05) is 13.1 Å². The lowest BCUT2D eigenvalue weighted by Crippen LogP contribution is -2.30. The van der Waals surface area contributed by atoms with Crippen molar-refractivity contribution in [2.45, 2.75) is 38.6 Å². The molecule has 1 aliphatic rings. The first-order valence-electron chi connectivity index (χ1n) is 7.51. The maximum Gasteiger partial charge on any atom is 0.220 e. The average Bonchev–Trinajstić information content (AvgIpc) is 2.49. The lowest BCUT2D eigenvalue weighted by Gasteiger charge is -2.22. The Morgan fingerprint density at radius 1 is 1.32 bits per heavy atom. The van der Waals surface area contributed by atoms with Crippen molar-refractivity contribution in [1.82, 2.24) is 10.6 Å². The van der Waals surface area contributed by atoms with E-state index in [-0.39, 0.29) is 24.4 Å². The van der Waals surface area contributed by atoms with Crippen LogP contribution in [0, 0.1) is 17.6 Å². The second-order valence-electron chi connectivity index (χ2n) is 5.69. The summed E-state index contributed by atoms with van der Waals surface area (Å²) in [4.78, 5) is 11.9. The minimum Gasteiger partial charge on any atom is -0.350 e. The summed E-state index contributed by atoms with van der Waals surface area (Å²) in [7, 11) is 0. The van der Waals surface area contributed by atoms with E-state index in [0.717, 1.165) is 44.5 Å². The molecule has 1 atom stereocenters. The fraction of sp³-hybridized carbons (Fsp3) is 0.562. The molecule has 1 fully saturated rings. The Bertz CT molecular complexity index is 493. The van der Waals surface area contributed by atoms with E-state index in [1.807, 2.05) is 0 Å². The smallest absolute Gasteiger partial charge is 0.220 e. The van der Waals surface area contributed by atoms with Gasteiger partial charge in [0.1, 0.15) is 0 Å². The molecule has 2 rings (SSSR count). The zero-order valence-corrected chi connectivity index (χ0v) is 13.5. The third kappa shape index (κ3) is 5.54. The Kier molecular flexibility index (Phi) is 7.76. The van der Waals surface area contributed by atoms with Crippen LogP contribution in [0.5, 0.6) is 0 Å². The van der Waals surface area contributed by atoms with Crippen LogP contribution >= 0.6 is 12.4 Å². The van der Waals surface area contributed by atoms with Crippen LogP contribution in [-0.2, 0) is 4.79 Å². The van der Waals surface area contributed by atoms with Crippen molar-refractivity contribution in [2.24, 2.45) is 5.92 Å². The summed E-state index contributed by atoms with van der Waals surface area (Å²) < 4.78 is 26.1. The normalized spacial score (nSPS) is 16.7. The highest BCUT2D eigenvalue weighted by molar-refractivity contribution is 5.85. The number of amides is 1. The summed E-state index contributed by atoms with van der Waals surface area (Å²) >= 11 is 0. The van der Waals surface area contributed by atoms with Crippen LogP contribution in [0.2, 0.25) is 0 Å². The van der Waals surface area contributed by atoms with Crippen molar-refractivity contribution >= 4 is 18.3 Å². The van der Waals surface area contributed by atoms with Gasteiger partial charge in [0.25, 0.3) is 0 Å². The number of nitrogens with one attached hydrogen (secondary N) is 2. The molecule has 1 aromatic rings. The van der Waals surface area contributed by atoms with Crippen LogP contribution < -0.4 is 10.6 Å². The molecule has 22 heavy (non-hydrogen) atoms. The monoisotopic (exact) mass is 332 g/mol. The van der Waals surface area contributed by atoms with Gasteiger partial charge in [0.2, 0.25) is 5.91 Å². The van der Waals surface area contributed by atoms with Gasteiger partial charge in [0, 0.05) is 6.42 Å². The molecule has 0 saturated carbocycles. The zero-order chi connectivity index (χ0) is 15.2. The Morgan fingerprint density at radius 2 is 2.00 bits per heavy atom. The molecular formula is C16H23ClF2N2O. The van der Waals surface area contributed by atoms with Gasteiger partial charge in [-0.15, -0.1) is 12.4 Å². The third-order valence-electron chi connectivity index (χ3n) is 4.06. The number of rotatable bonds is 5. The predicted octanol–water partition coefficient (Wildman–Crippen LogP) is 3.34. The largest absolute Gasteiger partial charge is 0.350 e. The SMILES string of the molecule is CC(NC(=O)CCC1CCNCC1)c1ccc(F)c(F)c1.Cl. The predicted molar refractivity (Wildman–Crippen MR) is 85.0 cm³/mol. The maximum absolute atomic E-state index is 13.2. The minimum absolute atomic E-state index is 0. The first-order chi connectivity index (χ1) is 10.1. The number of piperidine rings is 1. The second kappa shape index (κ2) is 9.06. The van der Waals surface area contributed by atoms with E-state index in [9.17, 15) is 13.6 Å². The van der Waals surface area contributed by atoms with Crippen molar-refractivity contribution in [3.63, 3.8) is 0 Å². The summed E-state index contributed by atoms with van der Waals surface area (Å²) in [5.41, 5.74) is 0.573. The second-order valence-corrected chi connectivity index (χ2v) is 5.69. The molecule has 6 heteroatoms. The summed E-state index contributed by atoms with van der Waals surface area (Å²) in [5.74, 6) is -1.19. The quantitative estimate of drug-likeness (QED) is 0.868. The van der Waals surface area contributed by atoms with Gasteiger partial charge in [0.15, 0.2) is 11.6 Å². The number of hydrogen-bond acceptors (Lipinski definition) is 2. The van der Waals surface area contributed by atoms with Crippen molar-refractivity contribution in [3.05, 3.63) is 35.4 Å². The van der Waals surface area contributed by atoms with Gasteiger partial charge < -0.3 is 10.6 Å². The number of carbonyl (C=O) groups excluding carboxylic acids is 1. The minimum atomic E-state index is -0.886. The Hall–Kier alpha value is -1.20. The summed E-state index contributed by atoms with van der Waals surface area (Å²) in [6.45, 7) is 3.82. The van der Waals surface area contributed by atoms with E-state index in [1.54, 1.807) is 6.92 Å². The van der Waals surface area contributed by atoms with Crippen LogP contribution in [0.25, 0.3) is 0 Å². The molecule has 2 N–H and O–H groups in total. The van der Waals surface area contributed by atoms with E-state index in [2.05, 4.69) is 10.6 Å². The van der Waals surface area contributed by atoms with Crippen molar-refractivity contribution in [3.8, 4) is 0 Å². The van der Waals surface area contributed by atoms with Gasteiger partial charge in [-0.05, 0) is 62.9 Å². The molecular weight excluding hydrogens is 310 g/mol. The zero-order valence-electron chi connectivity index (χ0n) is 12.7. The van der Waals surface area contributed by atoms with Crippen LogP contribution in [0.4, 0.5) is 8.78 Å². The van der Waals surface area contributed by atoms with Gasteiger partial charge >= 0.3 is 0 Å². The molecule has 0 spiro atoms. The Balaban J connectivity index is 0.00000242. The van der Waals surface area contributed by atoms with E-state index in [1.165, 1.54) is 6.07 Å². The number of hydrogen-bond donors (Lipinski definition) is 2. The Morgan fingerprint density at radius 3 is 2.64 bits per heavy atom. The van der Waals surface area contributed by atoms with Gasteiger partial charge in [-0.2, -0.15) is 0 Å². The van der Waals surface area contributed by atoms with E-state index in [4.69, 9.17) is 0 Å². The Labute approximate surface area is 136 Å². The highest BCUT2D eigenvalue weighted by Crippen LogP contribution is 2.19. The summed E-state index contributed by atoms with van der Waals surface area (Å²) in [6, 6.07) is 3.40. The van der Waals surface area contributed by atoms with Crippen molar-refractivity contribution < 1.29 is 13.6 Å². The van der Waals surface area contributed by atoms with Gasteiger partial charge in [-0.3, -0.25) is 4.79 Å². The fourth-order valence-corrected chi connectivity index (χ4v) is 2.68. The molecule has 1 heterocycles. The van der Waals surface area contributed by atoms with E-state index < -0.39 is 11.6 Å². The number of benzene rings is 1. The first kappa shape index (κ1) is 18.8. The molecule has 1 unspecified atom stereocenters. The van der Waals surface area contributed by atoms with Gasteiger partial charge in [0.05, 0.1) is 6.04 Å². The topological polar surface area (TPSA) is 41.1 Å². The van der Waals surface area contributed by atoms with Crippen molar-refractivity contribution in [1.29, 1.82) is 0 Å². The summed E-state index contributed by atoms with van der Waals surface area (Å²) in [5, 5.41) is 6.14. The van der Waals surface area contributed by atoms with Gasteiger partial charge in [-0.1, -0.05) is 6.07 Å². The third-order valence-corrected chi connectivity index (χ3v) is 4.06. The highest BCUT2D eigenvalue weighted by Gasteiger charge is 2.16. The fourth-order valence-electron chi connectivity index (χ4n) is 2.68. The van der Waals surface area contributed by atoms with E-state index in [0.29, 0.717) is 17.9 Å². The molecule has 0 radical (unpaired) electrons. The molecule has 1 aliphatic heterocycles. The molecule has 3 nitrogen and oxygen atoms in total. The molecule has 1 saturated heterocycles. The van der Waals surface area contributed by atoms with Crippen LogP contribution in [-0.4, -0.2) is 19.0 Å². The van der Waals surface area contributed by atoms with Gasteiger partial charge in [-0.25, -0.2) is 8.78 Å². The molecule has 0 aliphatic carbocycles. The molecule has 124 valence electrons.